The number of aromatic nitrogens is 1. The van der Waals surface area contributed by atoms with Gasteiger partial charge in [-0.05, 0) is 60.4 Å². The summed E-state index contributed by atoms with van der Waals surface area (Å²) in [5.41, 5.74) is 3.29. The van der Waals surface area contributed by atoms with E-state index in [4.69, 9.17) is 4.74 Å². The number of rotatable bonds is 10. The molecule has 0 aliphatic carbocycles. The topological polar surface area (TPSA) is 112 Å². The van der Waals surface area contributed by atoms with Crippen LogP contribution in [0.25, 0.3) is 10.9 Å². The van der Waals surface area contributed by atoms with Crippen molar-refractivity contribution in [1.82, 2.24) is 4.57 Å². The van der Waals surface area contributed by atoms with Crippen LogP contribution in [0.1, 0.15) is 46.8 Å². The van der Waals surface area contributed by atoms with Gasteiger partial charge in [0.2, 0.25) is 0 Å². The summed E-state index contributed by atoms with van der Waals surface area (Å²) in [5, 5.41) is 42.3. The standard InChI is InChI=1S/C29H31NO6/c1-2-3-7-19-12-27(33)25(28(34)13-19)17-30-16-21(24-10-4-5-11-26(24)30)15-23(32)18-36-29(35)20-8-6-9-22(31)14-20/h4-6,8-14,16,23,31-34H,2-3,7,15,17-18H2,1H3. The molecule has 0 radical (unpaired) electrons. The van der Waals surface area contributed by atoms with Gasteiger partial charge in [0.1, 0.15) is 23.9 Å². The molecule has 1 atom stereocenters. The summed E-state index contributed by atoms with van der Waals surface area (Å²) in [6, 6.07) is 17.0. The molecular weight excluding hydrogens is 458 g/mol. The lowest BCUT2D eigenvalue weighted by Gasteiger charge is -2.12. The van der Waals surface area contributed by atoms with E-state index in [1.165, 1.54) is 18.2 Å². The minimum absolute atomic E-state index is 0.0366. The van der Waals surface area contributed by atoms with Crippen molar-refractivity contribution in [2.45, 2.75) is 45.3 Å². The maximum Gasteiger partial charge on any atom is 0.338 e. The Bertz CT molecular complexity index is 1340. The van der Waals surface area contributed by atoms with Crippen LogP contribution < -0.4 is 0 Å². The molecule has 1 aromatic heterocycles. The molecule has 0 aliphatic heterocycles. The first-order valence-corrected chi connectivity index (χ1v) is 12.1. The van der Waals surface area contributed by atoms with Crippen molar-refractivity contribution in [3.63, 3.8) is 0 Å². The second-order valence-corrected chi connectivity index (χ2v) is 9.02. The lowest BCUT2D eigenvalue weighted by molar-refractivity contribution is 0.0259. The van der Waals surface area contributed by atoms with Crippen molar-refractivity contribution in [2.75, 3.05) is 6.61 Å². The van der Waals surface area contributed by atoms with Gasteiger partial charge in [0.15, 0.2) is 0 Å². The highest BCUT2D eigenvalue weighted by Crippen LogP contribution is 2.32. The molecule has 4 N–H and O–H groups in total. The van der Waals surface area contributed by atoms with Crippen molar-refractivity contribution in [2.24, 2.45) is 0 Å². The highest BCUT2D eigenvalue weighted by molar-refractivity contribution is 5.89. The summed E-state index contributed by atoms with van der Waals surface area (Å²) >= 11 is 0. The zero-order valence-electron chi connectivity index (χ0n) is 20.2. The maximum absolute atomic E-state index is 12.2. The Balaban J connectivity index is 1.50. The Kier molecular flexibility index (Phi) is 7.80. The third-order valence-electron chi connectivity index (χ3n) is 6.23. The van der Waals surface area contributed by atoms with Crippen molar-refractivity contribution >= 4 is 16.9 Å². The van der Waals surface area contributed by atoms with Gasteiger partial charge in [-0.25, -0.2) is 4.79 Å². The largest absolute Gasteiger partial charge is 0.508 e. The number of hydrogen-bond donors (Lipinski definition) is 4. The number of esters is 1. The molecule has 3 aromatic carbocycles. The van der Waals surface area contributed by atoms with Crippen LogP contribution in [0.3, 0.4) is 0 Å². The number of unbranched alkanes of at least 4 members (excludes halogenated alkanes) is 1. The second-order valence-electron chi connectivity index (χ2n) is 9.02. The first-order chi connectivity index (χ1) is 17.4. The van der Waals surface area contributed by atoms with Gasteiger partial charge in [0, 0.05) is 23.5 Å². The number of aliphatic hydroxyl groups excluding tert-OH is 1. The fourth-order valence-electron chi connectivity index (χ4n) is 4.37. The fourth-order valence-corrected chi connectivity index (χ4v) is 4.37. The molecule has 0 saturated heterocycles. The molecule has 0 aliphatic rings. The average Bonchev–Trinajstić information content (AvgIpc) is 3.20. The SMILES string of the molecule is CCCCc1cc(O)c(Cn2cc(CC(O)COC(=O)c3cccc(O)c3)c3ccccc32)c(O)c1. The number of phenolic OH excluding ortho intramolecular Hbond substituents is 3. The van der Waals surface area contributed by atoms with E-state index in [0.29, 0.717) is 5.56 Å². The molecule has 188 valence electrons. The molecule has 0 spiro atoms. The Morgan fingerprint density at radius 2 is 1.75 bits per heavy atom. The number of fused-ring (bicyclic) bond motifs is 1. The number of aromatic hydroxyl groups is 3. The molecule has 0 saturated carbocycles. The summed E-state index contributed by atoms with van der Waals surface area (Å²) in [6.07, 6.45) is 3.99. The normalized spacial score (nSPS) is 12.1. The molecule has 1 unspecified atom stereocenters. The van der Waals surface area contributed by atoms with E-state index in [1.54, 1.807) is 18.2 Å². The molecule has 4 rings (SSSR count). The van der Waals surface area contributed by atoms with Gasteiger partial charge < -0.3 is 29.7 Å². The van der Waals surface area contributed by atoms with E-state index in [2.05, 4.69) is 6.92 Å². The van der Waals surface area contributed by atoms with Gasteiger partial charge in [0.05, 0.1) is 23.8 Å². The van der Waals surface area contributed by atoms with Crippen molar-refractivity contribution in [1.29, 1.82) is 0 Å². The minimum atomic E-state index is -0.940. The number of carbonyl (C=O) groups is 1. The van der Waals surface area contributed by atoms with Crippen LogP contribution in [0, 0.1) is 0 Å². The summed E-state index contributed by atoms with van der Waals surface area (Å²) < 4.78 is 7.16. The third-order valence-corrected chi connectivity index (χ3v) is 6.23. The number of hydrogen-bond acceptors (Lipinski definition) is 6. The molecular formula is C29H31NO6. The van der Waals surface area contributed by atoms with Crippen molar-refractivity contribution < 1.29 is 30.0 Å². The predicted octanol–water partition coefficient (Wildman–Crippen LogP) is 4.91. The van der Waals surface area contributed by atoms with Crippen LogP contribution in [0.15, 0.2) is 66.9 Å². The van der Waals surface area contributed by atoms with Crippen LogP contribution in [0.2, 0.25) is 0 Å². The Morgan fingerprint density at radius 3 is 2.47 bits per heavy atom. The zero-order chi connectivity index (χ0) is 25.7. The smallest absolute Gasteiger partial charge is 0.338 e. The quantitative estimate of drug-likeness (QED) is 0.236. The number of para-hydroxylation sites is 1. The van der Waals surface area contributed by atoms with Crippen LogP contribution in [0.5, 0.6) is 17.2 Å². The average molecular weight is 490 g/mol. The van der Waals surface area contributed by atoms with Gasteiger partial charge in [-0.1, -0.05) is 37.6 Å². The molecule has 1 heterocycles. The number of nitrogens with zero attached hydrogens (tertiary/aromatic N) is 1. The van der Waals surface area contributed by atoms with E-state index in [-0.39, 0.29) is 42.4 Å². The monoisotopic (exact) mass is 489 g/mol. The van der Waals surface area contributed by atoms with E-state index < -0.39 is 12.1 Å². The minimum Gasteiger partial charge on any atom is -0.508 e. The van der Waals surface area contributed by atoms with Crippen LogP contribution in [-0.4, -0.2) is 43.7 Å². The van der Waals surface area contributed by atoms with Gasteiger partial charge in [-0.2, -0.15) is 0 Å². The molecule has 7 heteroatoms. The first-order valence-electron chi connectivity index (χ1n) is 12.1. The number of aryl methyl sites for hydroxylation is 1. The highest BCUT2D eigenvalue weighted by Gasteiger charge is 2.17. The molecule has 0 bridgehead atoms. The van der Waals surface area contributed by atoms with Crippen LogP contribution in [0.4, 0.5) is 0 Å². The zero-order valence-corrected chi connectivity index (χ0v) is 20.2. The maximum atomic E-state index is 12.2. The Labute approximate surface area is 209 Å². The molecule has 0 fully saturated rings. The van der Waals surface area contributed by atoms with E-state index in [9.17, 15) is 25.2 Å². The number of aliphatic hydroxyl groups is 1. The van der Waals surface area contributed by atoms with E-state index >= 15 is 0 Å². The Morgan fingerprint density at radius 1 is 1.00 bits per heavy atom. The van der Waals surface area contributed by atoms with E-state index in [0.717, 1.165) is 41.3 Å². The third kappa shape index (κ3) is 5.80. The lowest BCUT2D eigenvalue weighted by atomic mass is 10.0. The summed E-state index contributed by atoms with van der Waals surface area (Å²) in [5.74, 6) is -0.551. The van der Waals surface area contributed by atoms with Crippen molar-refractivity contribution in [3.05, 3.63) is 89.1 Å². The first kappa shape index (κ1) is 25.1. The summed E-state index contributed by atoms with van der Waals surface area (Å²) in [7, 11) is 0. The number of ether oxygens (including phenoxy) is 1. The second kappa shape index (κ2) is 11.2. The summed E-state index contributed by atoms with van der Waals surface area (Å²) in [6.45, 7) is 2.16. The molecule has 36 heavy (non-hydrogen) atoms. The number of carbonyl (C=O) groups excluding carboxylic acids is 1. The Hall–Kier alpha value is -3.97. The van der Waals surface area contributed by atoms with Gasteiger partial charge in [0.25, 0.3) is 0 Å². The predicted molar refractivity (Wildman–Crippen MR) is 138 cm³/mol. The van der Waals surface area contributed by atoms with Crippen LogP contribution in [-0.2, 0) is 24.1 Å². The molecule has 0 amide bonds. The highest BCUT2D eigenvalue weighted by atomic mass is 16.5. The number of phenols is 3. The molecule has 4 aromatic rings. The van der Waals surface area contributed by atoms with Gasteiger partial charge in [-0.15, -0.1) is 0 Å². The molecule has 7 nitrogen and oxygen atoms in total. The van der Waals surface area contributed by atoms with Gasteiger partial charge in [-0.3, -0.25) is 0 Å². The number of benzene rings is 3. The van der Waals surface area contributed by atoms with Gasteiger partial charge >= 0.3 is 5.97 Å². The van der Waals surface area contributed by atoms with Crippen LogP contribution >= 0.6 is 0 Å². The van der Waals surface area contributed by atoms with Crippen molar-refractivity contribution in [3.8, 4) is 17.2 Å². The fraction of sp³-hybridized carbons (Fsp3) is 0.276. The lowest BCUT2D eigenvalue weighted by Crippen LogP contribution is -2.21. The summed E-state index contributed by atoms with van der Waals surface area (Å²) in [4.78, 5) is 12.2. The van der Waals surface area contributed by atoms with E-state index in [1.807, 2.05) is 35.0 Å².